The van der Waals surface area contributed by atoms with E-state index in [9.17, 15) is 13.2 Å². The van der Waals surface area contributed by atoms with E-state index in [1.807, 2.05) is 13.8 Å². The van der Waals surface area contributed by atoms with Crippen molar-refractivity contribution >= 4 is 0 Å². The molecule has 0 aliphatic rings. The van der Waals surface area contributed by atoms with Gasteiger partial charge in [0.05, 0.1) is 18.2 Å². The summed E-state index contributed by atoms with van der Waals surface area (Å²) in [6.45, 7) is 4.94. The third-order valence-corrected chi connectivity index (χ3v) is 2.41. The first kappa shape index (κ1) is 15.0. The van der Waals surface area contributed by atoms with Gasteiger partial charge in [0, 0.05) is 6.61 Å². The van der Waals surface area contributed by atoms with Crippen LogP contribution in [0, 0.1) is 5.92 Å². The van der Waals surface area contributed by atoms with Crippen molar-refractivity contribution in [1.29, 1.82) is 0 Å². The molecule has 102 valence electrons. The molecule has 0 amide bonds. The van der Waals surface area contributed by atoms with E-state index in [0.717, 1.165) is 12.1 Å². The summed E-state index contributed by atoms with van der Waals surface area (Å²) >= 11 is 0. The Kier molecular flexibility index (Phi) is 5.16. The predicted octanol–water partition coefficient (Wildman–Crippen LogP) is 3.38. The van der Waals surface area contributed by atoms with Gasteiger partial charge in [-0.05, 0) is 23.6 Å². The summed E-state index contributed by atoms with van der Waals surface area (Å²) in [4.78, 5) is 0. The van der Waals surface area contributed by atoms with Crippen molar-refractivity contribution in [3.05, 3.63) is 35.4 Å². The maximum absolute atomic E-state index is 12.4. The summed E-state index contributed by atoms with van der Waals surface area (Å²) in [7, 11) is 0. The molecule has 0 fully saturated rings. The van der Waals surface area contributed by atoms with Crippen LogP contribution in [0.15, 0.2) is 24.3 Å². The lowest BCUT2D eigenvalue weighted by Crippen LogP contribution is -2.19. The molecular weight excluding hydrogens is 243 g/mol. The number of halogens is 3. The van der Waals surface area contributed by atoms with Crippen LogP contribution < -0.4 is 5.73 Å². The van der Waals surface area contributed by atoms with Crippen LogP contribution in [-0.4, -0.2) is 13.2 Å². The van der Waals surface area contributed by atoms with Crippen LogP contribution in [0.5, 0.6) is 0 Å². The number of hydrogen-bond donors (Lipinski definition) is 1. The van der Waals surface area contributed by atoms with Crippen LogP contribution in [0.3, 0.4) is 0 Å². The van der Waals surface area contributed by atoms with Gasteiger partial charge in [-0.15, -0.1) is 0 Å². The molecule has 2 N–H and O–H groups in total. The Bertz CT molecular complexity index is 359. The zero-order valence-electron chi connectivity index (χ0n) is 10.5. The molecule has 0 aliphatic heterocycles. The van der Waals surface area contributed by atoms with Gasteiger partial charge in [0.2, 0.25) is 0 Å². The van der Waals surface area contributed by atoms with Crippen molar-refractivity contribution in [3.63, 3.8) is 0 Å². The number of ether oxygens (including phenoxy) is 1. The van der Waals surface area contributed by atoms with Crippen molar-refractivity contribution in [2.75, 3.05) is 13.2 Å². The molecule has 0 saturated heterocycles. The Hall–Kier alpha value is -1.07. The summed E-state index contributed by atoms with van der Waals surface area (Å²) < 4.78 is 42.4. The summed E-state index contributed by atoms with van der Waals surface area (Å²) in [5, 5.41) is 0. The van der Waals surface area contributed by atoms with Crippen molar-refractivity contribution < 1.29 is 17.9 Å². The fourth-order valence-electron chi connectivity index (χ4n) is 1.45. The molecule has 0 heterocycles. The average molecular weight is 261 g/mol. The zero-order chi connectivity index (χ0) is 13.8. The summed E-state index contributed by atoms with van der Waals surface area (Å²) in [6, 6.07) is 4.47. The maximum atomic E-state index is 12.4. The monoisotopic (exact) mass is 261 g/mol. The largest absolute Gasteiger partial charge is 0.416 e. The van der Waals surface area contributed by atoms with Crippen LogP contribution in [0.2, 0.25) is 0 Å². The van der Waals surface area contributed by atoms with E-state index < -0.39 is 17.8 Å². The molecule has 1 aromatic carbocycles. The highest BCUT2D eigenvalue weighted by molar-refractivity contribution is 5.26. The Labute approximate surface area is 105 Å². The van der Waals surface area contributed by atoms with Crippen LogP contribution >= 0.6 is 0 Å². The fraction of sp³-hybridized carbons (Fsp3) is 0.538. The smallest absolute Gasteiger partial charge is 0.379 e. The molecule has 0 aromatic heterocycles. The molecular formula is C13H18F3NO. The molecule has 5 heteroatoms. The standard InChI is InChI=1S/C13H18F3NO/c1-9(2)7-18-8-12(17)10-3-5-11(6-4-10)13(14,15)16/h3-6,9,12H,7-8,17H2,1-2H3. The number of benzene rings is 1. The topological polar surface area (TPSA) is 35.2 Å². The lowest BCUT2D eigenvalue weighted by atomic mass is 10.1. The molecule has 18 heavy (non-hydrogen) atoms. The van der Waals surface area contributed by atoms with Crippen molar-refractivity contribution in [3.8, 4) is 0 Å². The Morgan fingerprint density at radius 1 is 1.11 bits per heavy atom. The second-order valence-corrected chi connectivity index (χ2v) is 4.66. The number of rotatable bonds is 5. The van der Waals surface area contributed by atoms with E-state index in [0.29, 0.717) is 24.7 Å². The van der Waals surface area contributed by atoms with E-state index in [1.54, 1.807) is 0 Å². The SMILES string of the molecule is CC(C)COCC(N)c1ccc(C(F)(F)F)cc1. The van der Waals surface area contributed by atoms with E-state index in [-0.39, 0.29) is 0 Å². The van der Waals surface area contributed by atoms with Gasteiger partial charge in [-0.1, -0.05) is 26.0 Å². The molecule has 1 unspecified atom stereocenters. The van der Waals surface area contributed by atoms with Gasteiger partial charge < -0.3 is 10.5 Å². The van der Waals surface area contributed by atoms with Crippen molar-refractivity contribution in [2.24, 2.45) is 11.7 Å². The van der Waals surface area contributed by atoms with Crippen LogP contribution in [0.4, 0.5) is 13.2 Å². The molecule has 1 rings (SSSR count). The first-order valence-corrected chi connectivity index (χ1v) is 5.81. The second kappa shape index (κ2) is 6.20. The highest BCUT2D eigenvalue weighted by Gasteiger charge is 2.30. The number of nitrogens with two attached hydrogens (primary N) is 1. The molecule has 0 aliphatic carbocycles. The minimum absolute atomic E-state index is 0.309. The fourth-order valence-corrected chi connectivity index (χ4v) is 1.45. The van der Waals surface area contributed by atoms with Crippen LogP contribution in [0.1, 0.15) is 31.0 Å². The first-order valence-electron chi connectivity index (χ1n) is 5.81. The summed E-state index contributed by atoms with van der Waals surface area (Å²) in [5.74, 6) is 0.407. The highest BCUT2D eigenvalue weighted by atomic mass is 19.4. The van der Waals surface area contributed by atoms with Gasteiger partial charge in [0.15, 0.2) is 0 Å². The van der Waals surface area contributed by atoms with Gasteiger partial charge >= 0.3 is 6.18 Å². The average Bonchev–Trinajstić information content (AvgIpc) is 2.27. The molecule has 0 spiro atoms. The Morgan fingerprint density at radius 3 is 2.11 bits per heavy atom. The lowest BCUT2D eigenvalue weighted by molar-refractivity contribution is -0.137. The molecule has 0 radical (unpaired) electrons. The van der Waals surface area contributed by atoms with Gasteiger partial charge in [0.1, 0.15) is 0 Å². The first-order chi connectivity index (χ1) is 8.30. The van der Waals surface area contributed by atoms with Gasteiger partial charge in [-0.2, -0.15) is 13.2 Å². The molecule has 0 bridgehead atoms. The normalized spacial score (nSPS) is 13.9. The third-order valence-electron chi connectivity index (χ3n) is 2.41. The van der Waals surface area contributed by atoms with E-state index in [1.165, 1.54) is 12.1 Å². The number of alkyl halides is 3. The third kappa shape index (κ3) is 4.66. The molecule has 2 nitrogen and oxygen atoms in total. The number of hydrogen-bond acceptors (Lipinski definition) is 2. The van der Waals surface area contributed by atoms with Gasteiger partial charge in [0.25, 0.3) is 0 Å². The quantitative estimate of drug-likeness (QED) is 0.881. The van der Waals surface area contributed by atoms with Crippen LogP contribution in [0.25, 0.3) is 0 Å². The van der Waals surface area contributed by atoms with Gasteiger partial charge in [-0.25, -0.2) is 0 Å². The predicted molar refractivity (Wildman–Crippen MR) is 64.0 cm³/mol. The minimum atomic E-state index is -4.31. The molecule has 1 atom stereocenters. The Morgan fingerprint density at radius 2 is 1.67 bits per heavy atom. The maximum Gasteiger partial charge on any atom is 0.416 e. The molecule has 0 saturated carbocycles. The zero-order valence-corrected chi connectivity index (χ0v) is 10.5. The minimum Gasteiger partial charge on any atom is -0.379 e. The highest BCUT2D eigenvalue weighted by Crippen LogP contribution is 2.29. The second-order valence-electron chi connectivity index (χ2n) is 4.66. The lowest BCUT2D eigenvalue weighted by Gasteiger charge is -2.15. The Balaban J connectivity index is 2.56. The summed E-state index contributed by atoms with van der Waals surface area (Å²) in [6.07, 6.45) is -4.31. The molecule has 1 aromatic rings. The van der Waals surface area contributed by atoms with Crippen molar-refractivity contribution in [2.45, 2.75) is 26.1 Å². The van der Waals surface area contributed by atoms with E-state index >= 15 is 0 Å². The van der Waals surface area contributed by atoms with Crippen LogP contribution in [-0.2, 0) is 10.9 Å². The summed E-state index contributed by atoms with van der Waals surface area (Å²) in [5.41, 5.74) is 5.81. The van der Waals surface area contributed by atoms with E-state index in [4.69, 9.17) is 10.5 Å². The van der Waals surface area contributed by atoms with Crippen molar-refractivity contribution in [1.82, 2.24) is 0 Å². The van der Waals surface area contributed by atoms with E-state index in [2.05, 4.69) is 0 Å². The van der Waals surface area contributed by atoms with Gasteiger partial charge in [-0.3, -0.25) is 0 Å².